The third kappa shape index (κ3) is 4.11. The molecule has 128 valence electrons. The number of fused-ring (bicyclic) bond motifs is 1. The van der Waals surface area contributed by atoms with Crippen molar-refractivity contribution in [1.29, 1.82) is 0 Å². The molecule has 2 aromatic carbocycles. The highest BCUT2D eigenvalue weighted by Gasteiger charge is 2.10. The van der Waals surface area contributed by atoms with E-state index in [-0.39, 0.29) is 29.1 Å². The molecule has 0 atom stereocenters. The van der Waals surface area contributed by atoms with E-state index in [0.29, 0.717) is 12.1 Å². The number of benzene rings is 2. The first-order valence-corrected chi connectivity index (χ1v) is 7.89. The molecular weight excluding hydrogens is 342 g/mol. The number of rotatable bonds is 6. The number of hydrogen-bond acceptors (Lipinski definition) is 6. The van der Waals surface area contributed by atoms with E-state index in [9.17, 15) is 4.79 Å². The molecule has 0 bridgehead atoms. The van der Waals surface area contributed by atoms with Crippen molar-refractivity contribution in [1.82, 2.24) is 16.0 Å². The smallest absolute Gasteiger partial charge is 0.254 e. The maximum Gasteiger partial charge on any atom is 0.254 e. The van der Waals surface area contributed by atoms with Crippen LogP contribution in [0.5, 0.6) is 5.88 Å². The van der Waals surface area contributed by atoms with Gasteiger partial charge in [-0.3, -0.25) is 15.5 Å². The minimum Gasteiger partial charge on any atom is -0.474 e. The lowest BCUT2D eigenvalue weighted by atomic mass is 10.1. The number of aromatic nitrogens is 1. The average molecular weight is 357 g/mol. The van der Waals surface area contributed by atoms with Crippen molar-refractivity contribution in [2.24, 2.45) is 0 Å². The summed E-state index contributed by atoms with van der Waals surface area (Å²) in [5.41, 5.74) is 2.38. The molecule has 1 heterocycles. The van der Waals surface area contributed by atoms with E-state index in [1.54, 1.807) is 11.5 Å². The van der Waals surface area contributed by atoms with Gasteiger partial charge in [0.25, 0.3) is 11.8 Å². The van der Waals surface area contributed by atoms with Gasteiger partial charge in [0, 0.05) is 5.56 Å². The van der Waals surface area contributed by atoms with Crippen LogP contribution in [0.25, 0.3) is 10.8 Å². The Morgan fingerprint density at radius 2 is 2.00 bits per heavy atom. The summed E-state index contributed by atoms with van der Waals surface area (Å²) in [7, 11) is 0. The highest BCUT2D eigenvalue weighted by Crippen LogP contribution is 2.15. The predicted molar refractivity (Wildman–Crippen MR) is 94.9 cm³/mol. The van der Waals surface area contributed by atoms with Gasteiger partial charge in [0.15, 0.2) is 10.7 Å². The monoisotopic (exact) mass is 357 g/mol. The fraction of sp³-hybridized carbons (Fsp3) is 0.118. The fourth-order valence-electron chi connectivity index (χ4n) is 2.24. The Morgan fingerprint density at radius 1 is 1.20 bits per heavy atom. The Bertz CT molecular complexity index is 910. The van der Waals surface area contributed by atoms with Crippen LogP contribution < -0.4 is 15.5 Å². The summed E-state index contributed by atoms with van der Waals surface area (Å²) in [5.74, 6) is 0.223. The van der Waals surface area contributed by atoms with Crippen LogP contribution in [-0.4, -0.2) is 34.4 Å². The first-order valence-electron chi connectivity index (χ1n) is 7.48. The zero-order valence-corrected chi connectivity index (χ0v) is 13.9. The van der Waals surface area contributed by atoms with Crippen LogP contribution in [0.1, 0.15) is 16.1 Å². The molecule has 0 spiro atoms. The molecule has 0 aliphatic heterocycles. The Kier molecular flexibility index (Phi) is 5.22. The van der Waals surface area contributed by atoms with E-state index in [2.05, 4.69) is 10.5 Å². The van der Waals surface area contributed by atoms with Crippen molar-refractivity contribution >= 4 is 33.9 Å². The summed E-state index contributed by atoms with van der Waals surface area (Å²) in [6.07, 6.45) is 0. The van der Waals surface area contributed by atoms with Gasteiger partial charge in [-0.05, 0) is 28.1 Å². The zero-order chi connectivity index (χ0) is 17.6. The molecule has 0 fully saturated rings. The van der Waals surface area contributed by atoms with Gasteiger partial charge in [-0.15, -0.1) is 0 Å². The van der Waals surface area contributed by atoms with Crippen LogP contribution in [0.15, 0.2) is 53.1 Å². The number of nitrogens with zero attached hydrogens (tertiary/aromatic N) is 1. The van der Waals surface area contributed by atoms with Crippen LogP contribution in [0.3, 0.4) is 0 Å². The lowest BCUT2D eigenvalue weighted by molar-refractivity contribution is 0.0946. The number of nitrogens with one attached hydrogen (secondary N) is 2. The summed E-state index contributed by atoms with van der Waals surface area (Å²) in [6.45, 7) is 0.515. The van der Waals surface area contributed by atoms with E-state index in [1.165, 1.54) is 6.07 Å². The summed E-state index contributed by atoms with van der Waals surface area (Å²) < 4.78 is 10.2. The van der Waals surface area contributed by atoms with E-state index in [0.717, 1.165) is 10.8 Å². The molecule has 0 aliphatic rings. The molecule has 0 aliphatic carbocycles. The van der Waals surface area contributed by atoms with Crippen molar-refractivity contribution in [3.8, 4) is 5.88 Å². The van der Waals surface area contributed by atoms with E-state index < -0.39 is 0 Å². The van der Waals surface area contributed by atoms with Gasteiger partial charge < -0.3 is 14.6 Å². The van der Waals surface area contributed by atoms with Crippen LogP contribution in [0, 0.1) is 0 Å². The topological polar surface area (TPSA) is 96.6 Å². The van der Waals surface area contributed by atoms with Crippen molar-refractivity contribution in [3.05, 3.63) is 59.9 Å². The normalized spacial score (nSPS) is 10.4. The molecule has 25 heavy (non-hydrogen) atoms. The maximum absolute atomic E-state index is 12.2. The van der Waals surface area contributed by atoms with Gasteiger partial charge in [0.05, 0.1) is 12.6 Å². The quantitative estimate of drug-likeness (QED) is 0.354. The molecule has 1 amide bonds. The first kappa shape index (κ1) is 16.9. The van der Waals surface area contributed by atoms with Crippen LogP contribution in [0.4, 0.5) is 0 Å². The highest BCUT2D eigenvalue weighted by molar-refractivity contribution is 7.80. The summed E-state index contributed by atoms with van der Waals surface area (Å²) >= 11 is 4.78. The second-order valence-corrected chi connectivity index (χ2v) is 5.54. The number of hydroxylamine groups is 1. The van der Waals surface area contributed by atoms with Crippen LogP contribution in [-0.2, 0) is 0 Å². The number of carbonyl (C=O) groups excluding carboxylic acids is 1. The maximum atomic E-state index is 12.2. The molecule has 8 heteroatoms. The third-order valence-electron chi connectivity index (χ3n) is 3.46. The fourth-order valence-corrected chi connectivity index (χ4v) is 2.34. The SMILES string of the molecule is O=C(NCCOc1cc(C(=S)NO)on1)c1ccc2ccccc2c1. The van der Waals surface area contributed by atoms with E-state index in [1.807, 2.05) is 36.4 Å². The minimum atomic E-state index is -0.180. The third-order valence-corrected chi connectivity index (χ3v) is 3.76. The Hall–Kier alpha value is -2.97. The molecule has 0 saturated heterocycles. The number of amides is 1. The molecule has 0 radical (unpaired) electrons. The van der Waals surface area contributed by atoms with Crippen LogP contribution >= 0.6 is 12.2 Å². The lowest BCUT2D eigenvalue weighted by Gasteiger charge is -2.06. The van der Waals surface area contributed by atoms with Gasteiger partial charge in [-0.2, -0.15) is 0 Å². The van der Waals surface area contributed by atoms with Crippen molar-refractivity contribution < 1.29 is 19.3 Å². The second-order valence-electron chi connectivity index (χ2n) is 5.14. The molecule has 1 aromatic heterocycles. The number of hydrogen-bond donors (Lipinski definition) is 3. The highest BCUT2D eigenvalue weighted by atomic mass is 32.1. The number of thiocarbonyl (C=S) groups is 1. The Labute approximate surface area is 148 Å². The van der Waals surface area contributed by atoms with Gasteiger partial charge in [0.2, 0.25) is 0 Å². The standard InChI is InChI=1S/C17H15N3O4S/c21-16(13-6-5-11-3-1-2-4-12(11)9-13)18-7-8-23-15-10-14(24-20-15)17(25)19-22/h1-6,9-10,22H,7-8H2,(H,18,21)(H,19,25). The zero-order valence-electron chi connectivity index (χ0n) is 13.1. The lowest BCUT2D eigenvalue weighted by Crippen LogP contribution is -2.28. The van der Waals surface area contributed by atoms with E-state index in [4.69, 9.17) is 26.7 Å². The summed E-state index contributed by atoms with van der Waals surface area (Å²) in [4.78, 5) is 12.2. The molecule has 3 N–H and O–H groups in total. The number of ether oxygens (including phenoxy) is 1. The molecule has 7 nitrogen and oxygen atoms in total. The second kappa shape index (κ2) is 7.73. The predicted octanol–water partition coefficient (Wildman–Crippen LogP) is 2.29. The average Bonchev–Trinajstić information content (AvgIpc) is 3.13. The largest absolute Gasteiger partial charge is 0.474 e. The summed E-state index contributed by atoms with van der Waals surface area (Å²) in [5, 5.41) is 17.2. The van der Waals surface area contributed by atoms with Crippen molar-refractivity contribution in [2.75, 3.05) is 13.2 Å². The Morgan fingerprint density at radius 3 is 2.80 bits per heavy atom. The van der Waals surface area contributed by atoms with Crippen molar-refractivity contribution in [3.63, 3.8) is 0 Å². The number of carbonyl (C=O) groups is 1. The van der Waals surface area contributed by atoms with Gasteiger partial charge >= 0.3 is 0 Å². The van der Waals surface area contributed by atoms with Crippen LogP contribution in [0.2, 0.25) is 0 Å². The van der Waals surface area contributed by atoms with Crippen molar-refractivity contribution in [2.45, 2.75) is 0 Å². The van der Waals surface area contributed by atoms with Gasteiger partial charge in [0.1, 0.15) is 6.61 Å². The molecule has 3 aromatic rings. The Balaban J connectivity index is 1.50. The van der Waals surface area contributed by atoms with E-state index >= 15 is 0 Å². The molecular formula is C17H15N3O4S. The summed E-state index contributed by atoms with van der Waals surface area (Å²) in [6, 6.07) is 14.8. The minimum absolute atomic E-state index is 0.00644. The van der Waals surface area contributed by atoms with Gasteiger partial charge in [-0.25, -0.2) is 0 Å². The molecule has 0 unspecified atom stereocenters. The first-order chi connectivity index (χ1) is 12.2. The van der Waals surface area contributed by atoms with Gasteiger partial charge in [-0.1, -0.05) is 42.5 Å². The molecule has 0 saturated carbocycles. The molecule has 3 rings (SSSR count).